The lowest BCUT2D eigenvalue weighted by atomic mass is 9.66. The lowest BCUT2D eigenvalue weighted by Gasteiger charge is -2.47. The molecule has 1 nitrogen and oxygen atoms in total. The summed E-state index contributed by atoms with van der Waals surface area (Å²) in [5.74, 6) is 1.90. The van der Waals surface area contributed by atoms with E-state index in [1.807, 2.05) is 0 Å². The third-order valence-corrected chi connectivity index (χ3v) is 3.77. The van der Waals surface area contributed by atoms with Gasteiger partial charge in [-0.05, 0) is 43.7 Å². The van der Waals surface area contributed by atoms with Crippen LogP contribution in [0.25, 0.3) is 0 Å². The van der Waals surface area contributed by atoms with E-state index in [0.717, 1.165) is 11.8 Å². The van der Waals surface area contributed by atoms with Gasteiger partial charge in [0.15, 0.2) is 0 Å². The first-order valence-electron chi connectivity index (χ1n) is 5.63. The first-order chi connectivity index (χ1) is 6.83. The highest BCUT2D eigenvalue weighted by Gasteiger charge is 2.40. The van der Waals surface area contributed by atoms with Crippen LogP contribution in [0.4, 0.5) is 0 Å². The smallest absolute Gasteiger partial charge is 0.0349 e. The van der Waals surface area contributed by atoms with E-state index in [4.69, 9.17) is 0 Å². The standard InChI is InChI=1S/C13H17N/c1-9-3-2-4-11(5-9)13-12-6-10(7-12)8-14-13/h2-5,10,12-14H,6-8H2,1H3. The average molecular weight is 187 g/mol. The molecule has 2 aliphatic heterocycles. The maximum atomic E-state index is 3.66. The second-order valence-electron chi connectivity index (χ2n) is 4.90. The maximum absolute atomic E-state index is 3.66. The van der Waals surface area contributed by atoms with Gasteiger partial charge in [-0.15, -0.1) is 0 Å². The second kappa shape index (κ2) is 3.09. The molecule has 0 spiro atoms. The Labute approximate surface area is 85.5 Å². The summed E-state index contributed by atoms with van der Waals surface area (Å²) in [6.45, 7) is 3.41. The van der Waals surface area contributed by atoms with Crippen LogP contribution >= 0.6 is 0 Å². The number of fused-ring (bicyclic) bond motifs is 2. The fourth-order valence-corrected chi connectivity index (χ4v) is 2.94. The molecule has 1 N–H and O–H groups in total. The van der Waals surface area contributed by atoms with Gasteiger partial charge in [-0.25, -0.2) is 0 Å². The van der Waals surface area contributed by atoms with Crippen molar-refractivity contribution in [2.24, 2.45) is 11.8 Å². The van der Waals surface area contributed by atoms with Crippen molar-refractivity contribution in [3.05, 3.63) is 35.4 Å². The molecule has 0 aromatic heterocycles. The molecule has 1 aromatic rings. The van der Waals surface area contributed by atoms with Crippen molar-refractivity contribution in [1.29, 1.82) is 0 Å². The van der Waals surface area contributed by atoms with Crippen LogP contribution in [-0.2, 0) is 0 Å². The molecule has 1 saturated carbocycles. The Morgan fingerprint density at radius 1 is 1.29 bits per heavy atom. The number of hydrogen-bond acceptors (Lipinski definition) is 1. The van der Waals surface area contributed by atoms with E-state index in [0.29, 0.717) is 6.04 Å². The summed E-state index contributed by atoms with van der Waals surface area (Å²) in [5, 5.41) is 3.66. The van der Waals surface area contributed by atoms with Crippen LogP contribution in [0.1, 0.15) is 30.0 Å². The molecule has 14 heavy (non-hydrogen) atoms. The molecule has 4 rings (SSSR count). The zero-order valence-corrected chi connectivity index (χ0v) is 8.66. The Bertz CT molecular complexity index is 336. The van der Waals surface area contributed by atoms with E-state index >= 15 is 0 Å². The zero-order chi connectivity index (χ0) is 9.54. The molecule has 3 aliphatic rings. The van der Waals surface area contributed by atoms with Crippen LogP contribution in [0.3, 0.4) is 0 Å². The van der Waals surface area contributed by atoms with Gasteiger partial charge >= 0.3 is 0 Å². The third-order valence-electron chi connectivity index (χ3n) is 3.77. The summed E-state index contributed by atoms with van der Waals surface area (Å²) in [5.41, 5.74) is 2.87. The lowest BCUT2D eigenvalue weighted by Crippen LogP contribution is -2.48. The van der Waals surface area contributed by atoms with Gasteiger partial charge in [0.05, 0.1) is 0 Å². The monoisotopic (exact) mass is 187 g/mol. The van der Waals surface area contributed by atoms with Crippen LogP contribution in [0.15, 0.2) is 24.3 Å². The summed E-state index contributed by atoms with van der Waals surface area (Å²) in [6.07, 6.45) is 2.90. The Hall–Kier alpha value is -0.820. The van der Waals surface area contributed by atoms with Gasteiger partial charge in [0.1, 0.15) is 0 Å². The van der Waals surface area contributed by atoms with Gasteiger partial charge in [-0.1, -0.05) is 29.8 Å². The summed E-state index contributed by atoms with van der Waals surface area (Å²) in [6, 6.07) is 9.59. The fraction of sp³-hybridized carbons (Fsp3) is 0.538. The van der Waals surface area contributed by atoms with Gasteiger partial charge in [0, 0.05) is 6.04 Å². The van der Waals surface area contributed by atoms with Gasteiger partial charge in [-0.2, -0.15) is 0 Å². The van der Waals surface area contributed by atoms with Crippen molar-refractivity contribution >= 4 is 0 Å². The number of aryl methyl sites for hydroxylation is 1. The van der Waals surface area contributed by atoms with Crippen LogP contribution in [0, 0.1) is 18.8 Å². The summed E-state index contributed by atoms with van der Waals surface area (Å²) in [4.78, 5) is 0. The first-order valence-corrected chi connectivity index (χ1v) is 5.63. The molecular formula is C13H17N. The second-order valence-corrected chi connectivity index (χ2v) is 4.90. The van der Waals surface area contributed by atoms with Crippen molar-refractivity contribution in [2.45, 2.75) is 25.8 Å². The molecule has 1 unspecified atom stereocenters. The number of nitrogens with one attached hydrogen (secondary N) is 1. The predicted molar refractivity (Wildman–Crippen MR) is 58.1 cm³/mol. The number of piperidine rings is 2. The molecule has 3 fully saturated rings. The topological polar surface area (TPSA) is 12.0 Å². The van der Waals surface area contributed by atoms with E-state index in [9.17, 15) is 0 Å². The normalized spacial score (nSPS) is 35.1. The summed E-state index contributed by atoms with van der Waals surface area (Å²) >= 11 is 0. The molecule has 1 aliphatic carbocycles. The van der Waals surface area contributed by atoms with Gasteiger partial charge in [0.25, 0.3) is 0 Å². The van der Waals surface area contributed by atoms with Crippen LogP contribution in [-0.4, -0.2) is 6.54 Å². The van der Waals surface area contributed by atoms with Crippen LogP contribution in [0.2, 0.25) is 0 Å². The third kappa shape index (κ3) is 1.27. The molecular weight excluding hydrogens is 170 g/mol. The van der Waals surface area contributed by atoms with Gasteiger partial charge < -0.3 is 5.32 Å². The maximum Gasteiger partial charge on any atom is 0.0349 e. The molecule has 2 saturated heterocycles. The summed E-state index contributed by atoms with van der Waals surface area (Å²) in [7, 11) is 0. The van der Waals surface area contributed by atoms with E-state index in [-0.39, 0.29) is 0 Å². The number of rotatable bonds is 1. The minimum atomic E-state index is 0.639. The largest absolute Gasteiger partial charge is 0.309 e. The van der Waals surface area contributed by atoms with E-state index in [1.54, 1.807) is 0 Å². The van der Waals surface area contributed by atoms with Crippen LogP contribution < -0.4 is 5.32 Å². The van der Waals surface area contributed by atoms with Gasteiger partial charge in [-0.3, -0.25) is 0 Å². The van der Waals surface area contributed by atoms with Gasteiger partial charge in [0.2, 0.25) is 0 Å². The number of hydrogen-bond donors (Lipinski definition) is 1. The predicted octanol–water partition coefficient (Wildman–Crippen LogP) is 2.67. The number of benzene rings is 1. The zero-order valence-electron chi connectivity index (χ0n) is 8.66. The van der Waals surface area contributed by atoms with Crippen molar-refractivity contribution in [2.75, 3.05) is 6.54 Å². The minimum absolute atomic E-state index is 0.639. The van der Waals surface area contributed by atoms with E-state index in [2.05, 4.69) is 36.5 Å². The Balaban J connectivity index is 1.87. The Morgan fingerprint density at radius 2 is 2.14 bits per heavy atom. The SMILES string of the molecule is Cc1cccc(C2NCC3CC2C3)c1. The van der Waals surface area contributed by atoms with Crippen molar-refractivity contribution < 1.29 is 0 Å². The molecule has 0 radical (unpaired) electrons. The molecule has 74 valence electrons. The Morgan fingerprint density at radius 3 is 2.79 bits per heavy atom. The Kier molecular flexibility index (Phi) is 1.88. The quantitative estimate of drug-likeness (QED) is 0.712. The van der Waals surface area contributed by atoms with Crippen molar-refractivity contribution in [3.63, 3.8) is 0 Å². The van der Waals surface area contributed by atoms with Crippen molar-refractivity contribution in [3.8, 4) is 0 Å². The fourth-order valence-electron chi connectivity index (χ4n) is 2.94. The molecule has 1 heteroatoms. The molecule has 0 amide bonds. The molecule has 2 bridgehead atoms. The van der Waals surface area contributed by atoms with E-state index in [1.165, 1.54) is 30.5 Å². The average Bonchev–Trinajstić information content (AvgIpc) is 2.17. The summed E-state index contributed by atoms with van der Waals surface area (Å²) < 4.78 is 0. The lowest BCUT2D eigenvalue weighted by molar-refractivity contribution is 0.0831. The minimum Gasteiger partial charge on any atom is -0.309 e. The van der Waals surface area contributed by atoms with E-state index < -0.39 is 0 Å². The highest BCUT2D eigenvalue weighted by molar-refractivity contribution is 5.27. The first kappa shape index (κ1) is 8.49. The molecule has 2 heterocycles. The van der Waals surface area contributed by atoms with Crippen molar-refractivity contribution in [1.82, 2.24) is 5.32 Å². The molecule has 1 atom stereocenters. The highest BCUT2D eigenvalue weighted by atomic mass is 15.0. The van der Waals surface area contributed by atoms with Crippen LogP contribution in [0.5, 0.6) is 0 Å². The molecule has 1 aromatic carbocycles. The highest BCUT2D eigenvalue weighted by Crippen LogP contribution is 2.45.